The number of nitrogens with zero attached hydrogens (tertiary/aromatic N) is 1. The number of benzene rings is 3. The van der Waals surface area contributed by atoms with Gasteiger partial charge in [0.05, 0.1) is 12.6 Å². The summed E-state index contributed by atoms with van der Waals surface area (Å²) in [5, 5.41) is 13.4. The van der Waals surface area contributed by atoms with Gasteiger partial charge < -0.3 is 19.9 Å². The maximum atomic E-state index is 10.1. The number of para-hydroxylation sites is 2. The Hall–Kier alpha value is -2.57. The Morgan fingerprint density at radius 3 is 1.93 bits per heavy atom. The summed E-state index contributed by atoms with van der Waals surface area (Å²) in [5.74, 6) is 2.76. The maximum absolute atomic E-state index is 10.1. The number of rotatable bonds is 7. The molecule has 4 rings (SSSR count). The molecule has 1 atom stereocenters. The molecule has 0 aliphatic carbocycles. The second kappa shape index (κ2) is 11.0. The highest BCUT2D eigenvalue weighted by molar-refractivity contribution is 5.85. The Kier molecular flexibility index (Phi) is 8.11. The van der Waals surface area contributed by atoms with Gasteiger partial charge in [0.2, 0.25) is 0 Å². The van der Waals surface area contributed by atoms with Crippen molar-refractivity contribution in [1.29, 1.82) is 0 Å². The van der Waals surface area contributed by atoms with Gasteiger partial charge in [-0.2, -0.15) is 0 Å². The molecular weight excluding hydrogens is 400 g/mol. The summed E-state index contributed by atoms with van der Waals surface area (Å²) >= 11 is 0. The van der Waals surface area contributed by atoms with E-state index in [0.717, 1.165) is 43.2 Å². The lowest BCUT2D eigenvalue weighted by atomic mass is 10.0. The highest BCUT2D eigenvalue weighted by atomic mass is 35.5. The van der Waals surface area contributed by atoms with Crippen molar-refractivity contribution in [1.82, 2.24) is 10.2 Å². The van der Waals surface area contributed by atoms with Gasteiger partial charge in [0.25, 0.3) is 0 Å². The second-order valence-corrected chi connectivity index (χ2v) is 7.02. The summed E-state index contributed by atoms with van der Waals surface area (Å²) < 4.78 is 12.3. The monoisotopic (exact) mass is 426 g/mol. The fourth-order valence-electron chi connectivity index (χ4n) is 3.55. The first-order chi connectivity index (χ1) is 14.3. The van der Waals surface area contributed by atoms with E-state index in [1.165, 1.54) is 0 Å². The smallest absolute Gasteiger partial charge is 0.170 e. The Bertz CT molecular complexity index is 903. The Labute approximate surface area is 183 Å². The van der Waals surface area contributed by atoms with Crippen LogP contribution in [0.15, 0.2) is 78.9 Å². The molecule has 0 saturated carbocycles. The first-order valence-corrected chi connectivity index (χ1v) is 9.99. The molecule has 0 spiro atoms. The SMILES string of the molecule is Cl.OC[C@H](c1ccc(Oc2ccccc2)c(Oc2ccccc2)c1)N1CCNCC1. The number of aliphatic hydroxyl groups is 1. The van der Waals surface area contributed by atoms with Gasteiger partial charge in [0.15, 0.2) is 11.5 Å². The van der Waals surface area contributed by atoms with E-state index in [1.807, 2.05) is 78.9 Å². The fourth-order valence-corrected chi connectivity index (χ4v) is 3.55. The van der Waals surface area contributed by atoms with Crippen LogP contribution in [0.1, 0.15) is 11.6 Å². The molecule has 0 amide bonds. The lowest BCUT2D eigenvalue weighted by molar-refractivity contribution is 0.110. The van der Waals surface area contributed by atoms with Crippen LogP contribution < -0.4 is 14.8 Å². The molecule has 2 N–H and O–H groups in total. The predicted octanol–water partition coefficient (Wildman–Crippen LogP) is 4.63. The van der Waals surface area contributed by atoms with E-state index < -0.39 is 0 Å². The zero-order valence-corrected chi connectivity index (χ0v) is 17.6. The molecule has 3 aromatic carbocycles. The van der Waals surface area contributed by atoms with Crippen LogP contribution in [0.3, 0.4) is 0 Å². The minimum absolute atomic E-state index is 0. The van der Waals surface area contributed by atoms with Crippen molar-refractivity contribution < 1.29 is 14.6 Å². The molecule has 0 aromatic heterocycles. The average molecular weight is 427 g/mol. The quantitative estimate of drug-likeness (QED) is 0.576. The number of hydrogen-bond acceptors (Lipinski definition) is 5. The topological polar surface area (TPSA) is 54.0 Å². The van der Waals surface area contributed by atoms with Crippen molar-refractivity contribution in [2.45, 2.75) is 6.04 Å². The van der Waals surface area contributed by atoms with E-state index in [0.29, 0.717) is 11.5 Å². The van der Waals surface area contributed by atoms with Crippen LogP contribution in [0.25, 0.3) is 0 Å². The number of ether oxygens (including phenoxy) is 2. The minimum atomic E-state index is -0.0685. The zero-order valence-electron chi connectivity index (χ0n) is 16.7. The van der Waals surface area contributed by atoms with Crippen molar-refractivity contribution in [3.05, 3.63) is 84.4 Å². The Morgan fingerprint density at radius 1 is 0.800 bits per heavy atom. The van der Waals surface area contributed by atoms with Crippen LogP contribution in [0.2, 0.25) is 0 Å². The number of aliphatic hydroxyl groups excluding tert-OH is 1. The molecule has 1 aliphatic rings. The lowest BCUT2D eigenvalue weighted by Crippen LogP contribution is -2.46. The molecule has 6 heteroatoms. The minimum Gasteiger partial charge on any atom is -0.453 e. The van der Waals surface area contributed by atoms with Gasteiger partial charge in [-0.15, -0.1) is 12.4 Å². The highest BCUT2D eigenvalue weighted by Crippen LogP contribution is 2.37. The molecule has 3 aromatic rings. The van der Waals surface area contributed by atoms with Crippen molar-refractivity contribution in [3.63, 3.8) is 0 Å². The molecule has 0 bridgehead atoms. The van der Waals surface area contributed by atoms with Gasteiger partial charge in [0, 0.05) is 26.2 Å². The molecule has 0 radical (unpaired) electrons. The van der Waals surface area contributed by atoms with Gasteiger partial charge >= 0.3 is 0 Å². The van der Waals surface area contributed by atoms with Gasteiger partial charge in [0.1, 0.15) is 11.5 Å². The van der Waals surface area contributed by atoms with E-state index in [2.05, 4.69) is 10.2 Å². The summed E-state index contributed by atoms with van der Waals surface area (Å²) in [6.07, 6.45) is 0. The van der Waals surface area contributed by atoms with Crippen LogP contribution >= 0.6 is 12.4 Å². The van der Waals surface area contributed by atoms with E-state index in [1.54, 1.807) is 0 Å². The Balaban J connectivity index is 0.00000256. The van der Waals surface area contributed by atoms with Crippen LogP contribution in [-0.2, 0) is 0 Å². The van der Waals surface area contributed by atoms with E-state index in [9.17, 15) is 5.11 Å². The van der Waals surface area contributed by atoms with E-state index >= 15 is 0 Å². The van der Waals surface area contributed by atoms with Crippen LogP contribution in [-0.4, -0.2) is 42.8 Å². The summed E-state index contributed by atoms with van der Waals surface area (Å²) in [6, 6.07) is 25.2. The van der Waals surface area contributed by atoms with E-state index in [-0.39, 0.29) is 25.1 Å². The molecule has 158 valence electrons. The Morgan fingerprint density at radius 2 is 1.37 bits per heavy atom. The normalized spacial score (nSPS) is 15.1. The third-order valence-electron chi connectivity index (χ3n) is 5.06. The fraction of sp³-hybridized carbons (Fsp3) is 0.250. The first kappa shape index (κ1) is 22.1. The number of nitrogens with one attached hydrogen (secondary N) is 1. The van der Waals surface area contributed by atoms with Gasteiger partial charge in [-0.1, -0.05) is 42.5 Å². The van der Waals surface area contributed by atoms with Crippen LogP contribution in [0.5, 0.6) is 23.0 Å². The number of hydrogen-bond donors (Lipinski definition) is 2. The summed E-state index contributed by atoms with van der Waals surface area (Å²) in [5.41, 5.74) is 1.01. The van der Waals surface area contributed by atoms with Gasteiger partial charge in [-0.3, -0.25) is 4.90 Å². The van der Waals surface area contributed by atoms with Crippen molar-refractivity contribution >= 4 is 12.4 Å². The molecule has 1 heterocycles. The molecule has 5 nitrogen and oxygen atoms in total. The largest absolute Gasteiger partial charge is 0.453 e. The van der Waals surface area contributed by atoms with Crippen molar-refractivity contribution in [2.24, 2.45) is 0 Å². The van der Waals surface area contributed by atoms with Gasteiger partial charge in [-0.05, 0) is 42.0 Å². The zero-order chi connectivity index (χ0) is 19.9. The molecule has 1 aliphatic heterocycles. The van der Waals surface area contributed by atoms with Crippen molar-refractivity contribution in [2.75, 3.05) is 32.8 Å². The van der Waals surface area contributed by atoms with Crippen molar-refractivity contribution in [3.8, 4) is 23.0 Å². The molecule has 0 unspecified atom stereocenters. The molecule has 1 saturated heterocycles. The third kappa shape index (κ3) is 5.52. The predicted molar refractivity (Wildman–Crippen MR) is 121 cm³/mol. The van der Waals surface area contributed by atoms with Gasteiger partial charge in [-0.25, -0.2) is 0 Å². The third-order valence-corrected chi connectivity index (χ3v) is 5.06. The molecular formula is C24H27ClN2O3. The first-order valence-electron chi connectivity index (χ1n) is 9.99. The summed E-state index contributed by atoms with van der Waals surface area (Å²) in [6.45, 7) is 3.73. The highest BCUT2D eigenvalue weighted by Gasteiger charge is 2.23. The maximum Gasteiger partial charge on any atom is 0.170 e. The number of halogens is 1. The standard InChI is InChI=1S/C24H26N2O3.ClH/c27-18-22(26-15-13-25-14-16-26)19-11-12-23(28-20-7-3-1-4-8-20)24(17-19)29-21-9-5-2-6-10-21;/h1-12,17,22,25,27H,13-16,18H2;1H/t22-;/m1./s1. The second-order valence-electron chi connectivity index (χ2n) is 7.02. The summed E-state index contributed by atoms with van der Waals surface area (Å²) in [4.78, 5) is 2.30. The molecule has 30 heavy (non-hydrogen) atoms. The lowest BCUT2D eigenvalue weighted by Gasteiger charge is -2.34. The summed E-state index contributed by atoms with van der Waals surface area (Å²) in [7, 11) is 0. The van der Waals surface area contributed by atoms with Crippen LogP contribution in [0, 0.1) is 0 Å². The number of piperazine rings is 1. The molecule has 1 fully saturated rings. The average Bonchev–Trinajstić information content (AvgIpc) is 2.78. The van der Waals surface area contributed by atoms with E-state index in [4.69, 9.17) is 9.47 Å². The van der Waals surface area contributed by atoms with Crippen LogP contribution in [0.4, 0.5) is 0 Å².